The molecule has 4 N–H and O–H groups in total. The summed E-state index contributed by atoms with van der Waals surface area (Å²) in [5.74, 6) is 0.384. The second kappa shape index (κ2) is 9.19. The van der Waals surface area contributed by atoms with Gasteiger partial charge in [0.25, 0.3) is 11.8 Å². The first kappa shape index (κ1) is 23.0. The van der Waals surface area contributed by atoms with E-state index >= 15 is 0 Å². The van der Waals surface area contributed by atoms with E-state index in [1.54, 1.807) is 38.5 Å². The van der Waals surface area contributed by atoms with Crippen LogP contribution in [-0.2, 0) is 0 Å². The molecule has 0 unspecified atom stereocenters. The molecule has 2 heterocycles. The number of pyridine rings is 1. The molecule has 32 heavy (non-hydrogen) atoms. The molecular formula is C23H28N6O3. The van der Waals surface area contributed by atoms with Gasteiger partial charge in [-0.15, -0.1) is 0 Å². The molecule has 0 fully saturated rings. The van der Waals surface area contributed by atoms with Crippen molar-refractivity contribution in [1.82, 2.24) is 19.9 Å². The quantitative estimate of drug-likeness (QED) is 0.452. The minimum Gasteiger partial charge on any atom is -0.394 e. The van der Waals surface area contributed by atoms with Crippen LogP contribution in [0.3, 0.4) is 0 Å². The highest BCUT2D eigenvalue weighted by Gasteiger charge is 2.23. The lowest BCUT2D eigenvalue weighted by atomic mass is 9.97. The van der Waals surface area contributed by atoms with Gasteiger partial charge in [-0.2, -0.15) is 0 Å². The summed E-state index contributed by atoms with van der Waals surface area (Å²) in [4.78, 5) is 38.2. The fraction of sp³-hybridized carbons (Fsp3) is 0.304. The Morgan fingerprint density at radius 3 is 2.56 bits per heavy atom. The smallest absolute Gasteiger partial charge is 0.257 e. The van der Waals surface area contributed by atoms with Gasteiger partial charge in [-0.1, -0.05) is 6.07 Å². The number of carbonyl (C=O) groups is 2. The zero-order chi connectivity index (χ0) is 23.5. The number of rotatable bonds is 7. The number of anilines is 2. The summed E-state index contributed by atoms with van der Waals surface area (Å²) in [5.41, 5.74) is 2.61. The number of aryl methyl sites for hydroxylation is 1. The van der Waals surface area contributed by atoms with Gasteiger partial charge in [0.15, 0.2) is 0 Å². The van der Waals surface area contributed by atoms with E-state index in [2.05, 4.69) is 25.6 Å². The van der Waals surface area contributed by atoms with E-state index in [0.717, 1.165) is 11.1 Å². The summed E-state index contributed by atoms with van der Waals surface area (Å²) in [7, 11) is 3.34. The van der Waals surface area contributed by atoms with E-state index in [9.17, 15) is 14.7 Å². The number of amides is 2. The first-order chi connectivity index (χ1) is 15.1. The molecule has 0 bridgehead atoms. The van der Waals surface area contributed by atoms with Crippen LogP contribution in [0, 0.1) is 6.92 Å². The molecule has 2 amide bonds. The van der Waals surface area contributed by atoms with Crippen molar-refractivity contribution in [2.45, 2.75) is 26.3 Å². The second-order valence-corrected chi connectivity index (χ2v) is 8.44. The number of nitrogens with zero attached hydrogens (tertiary/aromatic N) is 3. The number of aromatic amines is 1. The Bertz CT molecular complexity index is 1120. The molecule has 3 rings (SSSR count). The second-order valence-electron chi connectivity index (χ2n) is 8.44. The van der Waals surface area contributed by atoms with Crippen LogP contribution in [0.2, 0.25) is 0 Å². The Kier molecular flexibility index (Phi) is 6.59. The van der Waals surface area contributed by atoms with Gasteiger partial charge in [0.05, 0.1) is 30.2 Å². The SMILES string of the molecule is Cc1ccc(C(=O)Nc2cnc[nH]2)cc1-c1cnc(NC(C)(C)CO)c(C(=O)N(C)C)c1. The molecule has 0 saturated carbocycles. The van der Waals surface area contributed by atoms with Crippen molar-refractivity contribution in [3.05, 3.63) is 59.7 Å². The maximum atomic E-state index is 12.9. The Morgan fingerprint density at radius 1 is 1.19 bits per heavy atom. The monoisotopic (exact) mass is 436 g/mol. The Hall–Kier alpha value is -3.72. The predicted molar refractivity (Wildman–Crippen MR) is 124 cm³/mol. The molecule has 0 radical (unpaired) electrons. The van der Waals surface area contributed by atoms with Crippen molar-refractivity contribution >= 4 is 23.5 Å². The fourth-order valence-corrected chi connectivity index (χ4v) is 3.07. The van der Waals surface area contributed by atoms with E-state index in [-0.39, 0.29) is 18.4 Å². The minimum absolute atomic E-state index is 0.126. The highest BCUT2D eigenvalue weighted by Crippen LogP contribution is 2.29. The first-order valence-electron chi connectivity index (χ1n) is 10.1. The molecule has 168 valence electrons. The van der Waals surface area contributed by atoms with Gasteiger partial charge in [-0.3, -0.25) is 9.59 Å². The van der Waals surface area contributed by atoms with Crippen LogP contribution < -0.4 is 10.6 Å². The maximum Gasteiger partial charge on any atom is 0.257 e. The number of carbonyl (C=O) groups excluding carboxylic acids is 2. The number of aliphatic hydroxyl groups excluding tert-OH is 1. The van der Waals surface area contributed by atoms with Crippen molar-refractivity contribution in [3.63, 3.8) is 0 Å². The molecule has 0 aliphatic rings. The van der Waals surface area contributed by atoms with Crippen molar-refractivity contribution in [1.29, 1.82) is 0 Å². The Labute approximate surface area is 186 Å². The normalized spacial score (nSPS) is 11.2. The number of H-pyrrole nitrogens is 1. The predicted octanol–water partition coefficient (Wildman–Crippen LogP) is 2.92. The van der Waals surface area contributed by atoms with E-state index < -0.39 is 5.54 Å². The number of hydrogen-bond donors (Lipinski definition) is 4. The zero-order valence-corrected chi connectivity index (χ0v) is 18.9. The summed E-state index contributed by atoms with van der Waals surface area (Å²) < 4.78 is 0. The molecule has 9 nitrogen and oxygen atoms in total. The standard InChI is InChI=1S/C23H28N6O3/c1-14-6-7-15(21(31)27-19-11-24-13-26-19)8-17(14)16-9-18(22(32)29(4)5)20(25-10-16)28-23(2,3)12-30/h6-11,13,30H,12H2,1-5H3,(H,24,26)(H,25,28)(H,27,31). The van der Waals surface area contributed by atoms with Crippen molar-refractivity contribution < 1.29 is 14.7 Å². The molecule has 0 atom stereocenters. The number of nitrogens with one attached hydrogen (secondary N) is 3. The molecule has 9 heteroatoms. The lowest BCUT2D eigenvalue weighted by Crippen LogP contribution is -2.36. The van der Waals surface area contributed by atoms with Crippen molar-refractivity contribution in [2.24, 2.45) is 0 Å². The largest absolute Gasteiger partial charge is 0.394 e. The molecule has 0 spiro atoms. The third kappa shape index (κ3) is 5.12. The molecular weight excluding hydrogens is 408 g/mol. The lowest BCUT2D eigenvalue weighted by molar-refractivity contribution is 0.0827. The van der Waals surface area contributed by atoms with Gasteiger partial charge >= 0.3 is 0 Å². The molecule has 1 aromatic carbocycles. The average molecular weight is 437 g/mol. The van der Waals surface area contributed by atoms with Crippen LogP contribution in [0.25, 0.3) is 11.1 Å². The molecule has 0 aliphatic carbocycles. The lowest BCUT2D eigenvalue weighted by Gasteiger charge is -2.26. The Morgan fingerprint density at radius 2 is 1.94 bits per heavy atom. The van der Waals surface area contributed by atoms with Crippen LogP contribution in [0.5, 0.6) is 0 Å². The third-order valence-corrected chi connectivity index (χ3v) is 4.93. The highest BCUT2D eigenvalue weighted by atomic mass is 16.3. The summed E-state index contributed by atoms with van der Waals surface area (Å²) in [6.07, 6.45) is 4.66. The van der Waals surface area contributed by atoms with Gasteiger partial charge in [-0.25, -0.2) is 9.97 Å². The van der Waals surface area contributed by atoms with E-state index in [0.29, 0.717) is 28.3 Å². The van der Waals surface area contributed by atoms with E-state index in [1.165, 1.54) is 17.4 Å². The van der Waals surface area contributed by atoms with Crippen LogP contribution in [-0.4, -0.2) is 63.0 Å². The van der Waals surface area contributed by atoms with Crippen LogP contribution in [0.1, 0.15) is 40.1 Å². The molecule has 0 aliphatic heterocycles. The van der Waals surface area contributed by atoms with Crippen molar-refractivity contribution in [2.75, 3.05) is 31.3 Å². The van der Waals surface area contributed by atoms with Crippen molar-refractivity contribution in [3.8, 4) is 11.1 Å². The number of hydrogen-bond acceptors (Lipinski definition) is 6. The number of aliphatic hydroxyl groups is 1. The van der Waals surface area contributed by atoms with E-state index in [4.69, 9.17) is 0 Å². The summed E-state index contributed by atoms with van der Waals surface area (Å²) >= 11 is 0. The summed E-state index contributed by atoms with van der Waals surface area (Å²) in [5, 5.41) is 15.5. The molecule has 0 saturated heterocycles. The molecule has 2 aromatic heterocycles. The minimum atomic E-state index is -0.656. The summed E-state index contributed by atoms with van der Waals surface area (Å²) in [6.45, 7) is 5.44. The van der Waals surface area contributed by atoms with Gasteiger partial charge in [0, 0.05) is 31.4 Å². The first-order valence-corrected chi connectivity index (χ1v) is 10.1. The third-order valence-electron chi connectivity index (χ3n) is 4.93. The number of benzene rings is 1. The molecule has 3 aromatic rings. The number of aromatic nitrogens is 3. The van der Waals surface area contributed by atoms with Gasteiger partial charge < -0.3 is 25.6 Å². The fourth-order valence-electron chi connectivity index (χ4n) is 3.07. The number of imidazole rings is 1. The highest BCUT2D eigenvalue weighted by molar-refractivity contribution is 6.05. The van der Waals surface area contributed by atoms with E-state index in [1.807, 2.05) is 26.8 Å². The van der Waals surface area contributed by atoms with Gasteiger partial charge in [0.2, 0.25) is 0 Å². The van der Waals surface area contributed by atoms with Gasteiger partial charge in [-0.05, 0) is 50.1 Å². The maximum absolute atomic E-state index is 12.9. The summed E-state index contributed by atoms with van der Waals surface area (Å²) in [6, 6.07) is 7.12. The van der Waals surface area contributed by atoms with Gasteiger partial charge in [0.1, 0.15) is 11.6 Å². The topological polar surface area (TPSA) is 123 Å². The van der Waals surface area contributed by atoms with Crippen LogP contribution >= 0.6 is 0 Å². The van der Waals surface area contributed by atoms with Crippen LogP contribution in [0.4, 0.5) is 11.6 Å². The average Bonchev–Trinajstić information content (AvgIpc) is 3.26. The zero-order valence-electron chi connectivity index (χ0n) is 18.9. The Balaban J connectivity index is 2.02. The van der Waals surface area contributed by atoms with Crippen LogP contribution in [0.15, 0.2) is 43.0 Å².